The summed E-state index contributed by atoms with van der Waals surface area (Å²) in [7, 11) is 1.68. The largest absolute Gasteiger partial charge is 0.496 e. The number of benzene rings is 1. The molecule has 0 bridgehead atoms. The van der Waals surface area contributed by atoms with Crippen LogP contribution in [0, 0.1) is 11.8 Å². The van der Waals surface area contributed by atoms with Gasteiger partial charge in [0.2, 0.25) is 0 Å². The lowest BCUT2D eigenvalue weighted by Crippen LogP contribution is -2.07. The minimum atomic E-state index is 0.361. The van der Waals surface area contributed by atoms with E-state index < -0.39 is 0 Å². The monoisotopic (exact) mass is 283 g/mol. The zero-order chi connectivity index (χ0) is 15.2. The molecular weight excluding hydrogens is 262 g/mol. The van der Waals surface area contributed by atoms with Gasteiger partial charge in [-0.1, -0.05) is 25.7 Å². The zero-order valence-electron chi connectivity index (χ0n) is 12.8. The summed E-state index contributed by atoms with van der Waals surface area (Å²) in [5.74, 6) is 8.24. The van der Waals surface area contributed by atoms with Crippen molar-refractivity contribution in [2.45, 2.75) is 26.3 Å². The second-order valence-electron chi connectivity index (χ2n) is 5.10. The Labute approximate surface area is 125 Å². The summed E-state index contributed by atoms with van der Waals surface area (Å²) < 4.78 is 7.59. The average molecular weight is 283 g/mol. The van der Waals surface area contributed by atoms with Crippen molar-refractivity contribution in [2.75, 3.05) is 13.7 Å². The van der Waals surface area contributed by atoms with Crippen molar-refractivity contribution in [3.63, 3.8) is 0 Å². The predicted octanol–water partition coefficient (Wildman–Crippen LogP) is 2.37. The highest BCUT2D eigenvalue weighted by Gasteiger charge is 2.10. The van der Waals surface area contributed by atoms with Crippen LogP contribution in [0.25, 0.3) is 0 Å². The maximum absolute atomic E-state index is 5.45. The molecule has 0 aliphatic rings. The van der Waals surface area contributed by atoms with E-state index in [4.69, 9.17) is 10.5 Å². The first-order valence-corrected chi connectivity index (χ1v) is 7.02. The van der Waals surface area contributed by atoms with Crippen molar-refractivity contribution in [1.82, 2.24) is 9.55 Å². The third kappa shape index (κ3) is 3.65. The minimum Gasteiger partial charge on any atom is -0.496 e. The second kappa shape index (κ2) is 6.96. The first kappa shape index (κ1) is 15.1. The number of hydrogen-bond donors (Lipinski definition) is 1. The van der Waals surface area contributed by atoms with Crippen LogP contribution < -0.4 is 10.5 Å². The Kier molecular flexibility index (Phi) is 5.02. The standard InChI is InChI=1S/C17H21N3O/c1-13(2)17-19-9-10-20(17)12-15-11-14(5-4-8-18)6-7-16(15)21-3/h6-7,9-11,13H,8,12,18H2,1-3H3. The molecule has 0 fully saturated rings. The predicted molar refractivity (Wildman–Crippen MR) is 84.3 cm³/mol. The van der Waals surface area contributed by atoms with E-state index in [1.54, 1.807) is 7.11 Å². The third-order valence-electron chi connectivity index (χ3n) is 3.22. The van der Waals surface area contributed by atoms with Crippen LogP contribution in [0.2, 0.25) is 0 Å². The number of nitrogens with zero attached hydrogens (tertiary/aromatic N) is 2. The topological polar surface area (TPSA) is 53.1 Å². The molecule has 0 aliphatic heterocycles. The summed E-state index contributed by atoms with van der Waals surface area (Å²) >= 11 is 0. The lowest BCUT2D eigenvalue weighted by Gasteiger charge is -2.13. The van der Waals surface area contributed by atoms with E-state index in [1.165, 1.54) is 0 Å². The van der Waals surface area contributed by atoms with Gasteiger partial charge in [-0.05, 0) is 18.2 Å². The van der Waals surface area contributed by atoms with Crippen molar-refractivity contribution in [3.05, 3.63) is 47.5 Å². The Hall–Kier alpha value is -2.25. The van der Waals surface area contributed by atoms with Gasteiger partial charge in [-0.2, -0.15) is 0 Å². The molecule has 0 saturated heterocycles. The number of imidazole rings is 1. The third-order valence-corrected chi connectivity index (χ3v) is 3.22. The van der Waals surface area contributed by atoms with Crippen LogP contribution in [-0.2, 0) is 6.54 Å². The molecule has 0 spiro atoms. The molecule has 0 unspecified atom stereocenters. The van der Waals surface area contributed by atoms with Gasteiger partial charge in [-0.25, -0.2) is 4.98 Å². The van der Waals surface area contributed by atoms with Gasteiger partial charge in [-0.3, -0.25) is 0 Å². The molecule has 0 radical (unpaired) electrons. The van der Waals surface area contributed by atoms with Crippen LogP contribution >= 0.6 is 0 Å². The molecule has 0 amide bonds. The van der Waals surface area contributed by atoms with Gasteiger partial charge >= 0.3 is 0 Å². The summed E-state index contributed by atoms with van der Waals surface area (Å²) in [4.78, 5) is 4.42. The fraction of sp³-hybridized carbons (Fsp3) is 0.353. The molecule has 1 aromatic carbocycles. The van der Waals surface area contributed by atoms with Gasteiger partial charge in [0.25, 0.3) is 0 Å². The quantitative estimate of drug-likeness (QED) is 0.876. The highest BCUT2D eigenvalue weighted by molar-refractivity contribution is 5.44. The molecule has 0 saturated carbocycles. The molecule has 2 aromatic rings. The maximum Gasteiger partial charge on any atom is 0.123 e. The van der Waals surface area contributed by atoms with Crippen molar-refractivity contribution in [1.29, 1.82) is 0 Å². The van der Waals surface area contributed by atoms with Crippen LogP contribution in [0.3, 0.4) is 0 Å². The number of aromatic nitrogens is 2. The molecule has 21 heavy (non-hydrogen) atoms. The van der Waals surface area contributed by atoms with Gasteiger partial charge < -0.3 is 15.0 Å². The van der Waals surface area contributed by atoms with E-state index in [9.17, 15) is 0 Å². The van der Waals surface area contributed by atoms with E-state index in [-0.39, 0.29) is 0 Å². The number of hydrogen-bond acceptors (Lipinski definition) is 3. The minimum absolute atomic E-state index is 0.361. The van der Waals surface area contributed by atoms with Crippen LogP contribution in [0.1, 0.15) is 36.7 Å². The van der Waals surface area contributed by atoms with Gasteiger partial charge in [0.15, 0.2) is 0 Å². The number of ether oxygens (including phenoxy) is 1. The van der Waals surface area contributed by atoms with Gasteiger partial charge in [0.05, 0.1) is 20.2 Å². The fourth-order valence-corrected chi connectivity index (χ4v) is 2.27. The highest BCUT2D eigenvalue weighted by Crippen LogP contribution is 2.22. The summed E-state index contributed by atoms with van der Waals surface area (Å²) in [6, 6.07) is 5.94. The molecule has 2 N–H and O–H groups in total. The summed E-state index contributed by atoms with van der Waals surface area (Å²) in [5, 5.41) is 0. The summed E-state index contributed by atoms with van der Waals surface area (Å²) in [6.07, 6.45) is 3.83. The average Bonchev–Trinajstić information content (AvgIpc) is 2.93. The summed E-state index contributed by atoms with van der Waals surface area (Å²) in [6.45, 7) is 5.35. The van der Waals surface area contributed by atoms with E-state index in [2.05, 4.69) is 35.2 Å². The SMILES string of the molecule is COc1ccc(C#CCN)cc1Cn1ccnc1C(C)C. The van der Waals surface area contributed by atoms with Crippen LogP contribution in [0.5, 0.6) is 5.75 Å². The van der Waals surface area contributed by atoms with Gasteiger partial charge in [0, 0.05) is 29.4 Å². The molecule has 2 rings (SSSR count). The number of rotatable bonds is 4. The molecule has 4 nitrogen and oxygen atoms in total. The van der Waals surface area contributed by atoms with Crippen molar-refractivity contribution >= 4 is 0 Å². The molecule has 0 aliphatic carbocycles. The number of nitrogens with two attached hydrogens (primary N) is 1. The van der Waals surface area contributed by atoms with Crippen LogP contribution in [0.15, 0.2) is 30.6 Å². The van der Waals surface area contributed by atoms with Gasteiger partial charge in [-0.15, -0.1) is 0 Å². The lowest BCUT2D eigenvalue weighted by molar-refractivity contribution is 0.408. The normalized spacial score (nSPS) is 10.3. The van der Waals surface area contributed by atoms with E-state index in [1.807, 2.05) is 30.6 Å². The van der Waals surface area contributed by atoms with Crippen molar-refractivity contribution < 1.29 is 4.74 Å². The lowest BCUT2D eigenvalue weighted by atomic mass is 10.1. The molecular formula is C17H21N3O. The van der Waals surface area contributed by atoms with E-state index in [0.29, 0.717) is 12.5 Å². The molecule has 110 valence electrons. The molecule has 1 aromatic heterocycles. The Morgan fingerprint density at radius 3 is 2.86 bits per heavy atom. The first-order chi connectivity index (χ1) is 10.2. The maximum atomic E-state index is 5.45. The molecule has 0 atom stereocenters. The fourth-order valence-electron chi connectivity index (χ4n) is 2.27. The van der Waals surface area contributed by atoms with E-state index in [0.717, 1.165) is 29.2 Å². The van der Waals surface area contributed by atoms with Crippen molar-refractivity contribution in [2.24, 2.45) is 5.73 Å². The highest BCUT2D eigenvalue weighted by atomic mass is 16.5. The zero-order valence-corrected chi connectivity index (χ0v) is 12.8. The Morgan fingerprint density at radius 1 is 1.38 bits per heavy atom. The summed E-state index contributed by atoms with van der Waals surface area (Å²) in [5.41, 5.74) is 7.45. The second-order valence-corrected chi connectivity index (χ2v) is 5.10. The Bertz CT molecular complexity index is 662. The van der Waals surface area contributed by atoms with Gasteiger partial charge in [0.1, 0.15) is 11.6 Å². The van der Waals surface area contributed by atoms with Crippen LogP contribution in [0.4, 0.5) is 0 Å². The van der Waals surface area contributed by atoms with Crippen molar-refractivity contribution in [3.8, 4) is 17.6 Å². The Morgan fingerprint density at radius 2 is 2.19 bits per heavy atom. The first-order valence-electron chi connectivity index (χ1n) is 7.02. The number of methoxy groups -OCH3 is 1. The molecule has 1 heterocycles. The smallest absolute Gasteiger partial charge is 0.123 e. The molecule has 4 heteroatoms. The van der Waals surface area contributed by atoms with Crippen LogP contribution in [-0.4, -0.2) is 23.2 Å². The Balaban J connectivity index is 2.35. The van der Waals surface area contributed by atoms with E-state index >= 15 is 0 Å².